The Hall–Kier alpha value is -1.65. The van der Waals surface area contributed by atoms with E-state index >= 15 is 0 Å². The Bertz CT molecular complexity index is 730. The Morgan fingerprint density at radius 3 is 2.81 bits per heavy atom. The van der Waals surface area contributed by atoms with Gasteiger partial charge >= 0.3 is 5.97 Å². The van der Waals surface area contributed by atoms with E-state index in [1.165, 1.54) is 11.1 Å². The first-order chi connectivity index (χ1) is 12.9. The summed E-state index contributed by atoms with van der Waals surface area (Å²) in [6, 6.07) is 10.4. The predicted octanol–water partition coefficient (Wildman–Crippen LogP) is 3.62. The third kappa shape index (κ3) is 3.03. The zero-order valence-electron chi connectivity index (χ0n) is 16.5. The number of aliphatic hydroxyl groups is 1. The number of rotatable bonds is 4. The van der Waals surface area contributed by atoms with E-state index in [-0.39, 0.29) is 35.4 Å². The van der Waals surface area contributed by atoms with Crippen LogP contribution in [0.3, 0.4) is 0 Å². The van der Waals surface area contributed by atoms with E-state index in [0.29, 0.717) is 12.5 Å². The fraction of sp³-hybridized carbons (Fsp3) is 0.609. The maximum atomic E-state index is 12.6. The minimum Gasteiger partial charge on any atom is -0.461 e. The molecular weight excluding hydrogens is 338 g/mol. The normalized spacial score (nSPS) is 39.2. The number of hydrogen-bond donors (Lipinski definition) is 2. The molecule has 146 valence electrons. The van der Waals surface area contributed by atoms with Crippen molar-refractivity contribution in [1.82, 2.24) is 5.32 Å². The number of esters is 1. The lowest BCUT2D eigenvalue weighted by Gasteiger charge is -2.51. The highest BCUT2D eigenvalue weighted by Crippen LogP contribution is 2.55. The molecule has 2 aliphatic carbocycles. The Kier molecular flexibility index (Phi) is 4.89. The zero-order chi connectivity index (χ0) is 19.2. The molecule has 1 saturated carbocycles. The largest absolute Gasteiger partial charge is 0.461 e. The number of ether oxygens (including phenoxy) is 1. The molecule has 4 rings (SSSR count). The number of allylic oxidation sites excluding steroid dienone is 1. The maximum absolute atomic E-state index is 12.6. The first-order valence-electron chi connectivity index (χ1n) is 10.3. The lowest BCUT2D eigenvalue weighted by Crippen LogP contribution is -2.54. The average Bonchev–Trinajstić information content (AvgIpc) is 2.98. The Balaban J connectivity index is 1.52. The van der Waals surface area contributed by atoms with Crippen LogP contribution in [0.2, 0.25) is 0 Å². The van der Waals surface area contributed by atoms with Gasteiger partial charge < -0.3 is 15.2 Å². The van der Waals surface area contributed by atoms with Crippen LogP contribution in [-0.4, -0.2) is 29.8 Å². The summed E-state index contributed by atoms with van der Waals surface area (Å²) < 4.78 is 5.74. The zero-order valence-corrected chi connectivity index (χ0v) is 16.5. The standard InChI is InChI=1S/C23H31NO3/c1-14-8-7-11-17-12-19-20(21(25)23(14,17)3)18(22(26)27-19)13-24-15(2)16-9-5-4-6-10-16/h4-6,9-11,14-15,18-21,24-25H,7-8,12-13H2,1-3H3/t14-,15+,18-,19-,20+,21+,23-/m1/s1. The van der Waals surface area contributed by atoms with E-state index in [0.717, 1.165) is 19.3 Å². The highest BCUT2D eigenvalue weighted by Gasteiger charge is 2.59. The van der Waals surface area contributed by atoms with Gasteiger partial charge in [-0.1, -0.05) is 55.8 Å². The maximum Gasteiger partial charge on any atom is 0.311 e. The second-order valence-corrected chi connectivity index (χ2v) is 8.84. The van der Waals surface area contributed by atoms with Crippen LogP contribution < -0.4 is 5.32 Å². The number of benzene rings is 1. The van der Waals surface area contributed by atoms with Crippen LogP contribution in [0.15, 0.2) is 42.0 Å². The van der Waals surface area contributed by atoms with Gasteiger partial charge in [-0.05, 0) is 31.2 Å². The van der Waals surface area contributed by atoms with Crippen molar-refractivity contribution in [1.29, 1.82) is 0 Å². The lowest BCUT2D eigenvalue weighted by atomic mass is 9.55. The molecule has 1 aromatic rings. The molecule has 2 N–H and O–H groups in total. The molecule has 4 heteroatoms. The molecule has 2 fully saturated rings. The molecule has 1 aromatic carbocycles. The SMILES string of the molecule is C[C@H](NC[C@H]1C(=O)O[C@@H]2CC3=CCC[C@@H](C)[C@@]3(C)[C@@H](O)[C@H]21)c1ccccc1. The van der Waals surface area contributed by atoms with Crippen LogP contribution in [-0.2, 0) is 9.53 Å². The fourth-order valence-electron chi connectivity index (χ4n) is 5.46. The number of nitrogens with one attached hydrogen (secondary N) is 1. The fourth-order valence-corrected chi connectivity index (χ4v) is 5.46. The van der Waals surface area contributed by atoms with Crippen molar-refractivity contribution in [3.63, 3.8) is 0 Å². The van der Waals surface area contributed by atoms with Gasteiger partial charge in [-0.2, -0.15) is 0 Å². The molecule has 1 aliphatic heterocycles. The van der Waals surface area contributed by atoms with Crippen molar-refractivity contribution in [3.05, 3.63) is 47.5 Å². The van der Waals surface area contributed by atoms with Crippen LogP contribution in [0, 0.1) is 23.2 Å². The van der Waals surface area contributed by atoms with E-state index < -0.39 is 6.10 Å². The monoisotopic (exact) mass is 369 g/mol. The highest BCUT2D eigenvalue weighted by atomic mass is 16.6. The van der Waals surface area contributed by atoms with E-state index in [2.05, 4.69) is 44.3 Å². The van der Waals surface area contributed by atoms with Crippen molar-refractivity contribution in [2.24, 2.45) is 23.2 Å². The third-order valence-electron chi connectivity index (χ3n) is 7.51. The smallest absolute Gasteiger partial charge is 0.311 e. The van der Waals surface area contributed by atoms with Crippen LogP contribution in [0.4, 0.5) is 0 Å². The molecule has 4 nitrogen and oxygen atoms in total. The summed E-state index contributed by atoms with van der Waals surface area (Å²) in [4.78, 5) is 12.6. The van der Waals surface area contributed by atoms with Crippen LogP contribution in [0.5, 0.6) is 0 Å². The Labute approximate surface area is 162 Å². The van der Waals surface area contributed by atoms with Gasteiger partial charge in [-0.25, -0.2) is 0 Å². The number of carbonyl (C=O) groups is 1. The van der Waals surface area contributed by atoms with Gasteiger partial charge in [0.05, 0.1) is 12.0 Å². The summed E-state index contributed by atoms with van der Waals surface area (Å²) in [5.41, 5.74) is 2.24. The number of fused-ring (bicyclic) bond motifs is 2. The number of aliphatic hydroxyl groups excluding tert-OH is 1. The van der Waals surface area contributed by atoms with Crippen molar-refractivity contribution in [3.8, 4) is 0 Å². The molecule has 27 heavy (non-hydrogen) atoms. The van der Waals surface area contributed by atoms with E-state index in [1.807, 2.05) is 18.2 Å². The minimum absolute atomic E-state index is 0.129. The second-order valence-electron chi connectivity index (χ2n) is 8.84. The summed E-state index contributed by atoms with van der Waals surface area (Å²) in [6.45, 7) is 7.06. The second kappa shape index (κ2) is 7.06. The molecule has 0 amide bonds. The van der Waals surface area contributed by atoms with E-state index in [9.17, 15) is 9.90 Å². The van der Waals surface area contributed by atoms with Crippen LogP contribution in [0.25, 0.3) is 0 Å². The quantitative estimate of drug-likeness (QED) is 0.629. The van der Waals surface area contributed by atoms with Gasteiger partial charge in [-0.15, -0.1) is 0 Å². The summed E-state index contributed by atoms with van der Waals surface area (Å²) in [7, 11) is 0. The molecule has 0 aromatic heterocycles. The molecule has 0 bridgehead atoms. The summed E-state index contributed by atoms with van der Waals surface area (Å²) in [5, 5.41) is 14.9. The lowest BCUT2D eigenvalue weighted by molar-refractivity contribution is -0.144. The Morgan fingerprint density at radius 2 is 2.07 bits per heavy atom. The third-order valence-corrected chi connectivity index (χ3v) is 7.51. The minimum atomic E-state index is -0.539. The average molecular weight is 370 g/mol. The highest BCUT2D eigenvalue weighted by molar-refractivity contribution is 5.76. The summed E-state index contributed by atoms with van der Waals surface area (Å²) in [5.74, 6) is -0.160. The molecule has 1 heterocycles. The van der Waals surface area contributed by atoms with Gasteiger partial charge in [0, 0.05) is 30.3 Å². The summed E-state index contributed by atoms with van der Waals surface area (Å²) in [6.07, 6.45) is 4.48. The van der Waals surface area contributed by atoms with Crippen LogP contribution >= 0.6 is 0 Å². The van der Waals surface area contributed by atoms with Gasteiger partial charge in [0.25, 0.3) is 0 Å². The van der Waals surface area contributed by atoms with Crippen molar-refractivity contribution >= 4 is 5.97 Å². The molecular formula is C23H31NO3. The van der Waals surface area contributed by atoms with Gasteiger partial charge in [0.1, 0.15) is 6.10 Å². The van der Waals surface area contributed by atoms with Crippen molar-refractivity contribution in [2.45, 2.75) is 58.3 Å². The van der Waals surface area contributed by atoms with Gasteiger partial charge in [0.15, 0.2) is 0 Å². The summed E-state index contributed by atoms with van der Waals surface area (Å²) >= 11 is 0. The van der Waals surface area contributed by atoms with E-state index in [1.54, 1.807) is 0 Å². The molecule has 0 spiro atoms. The number of carbonyl (C=O) groups excluding carboxylic acids is 1. The van der Waals surface area contributed by atoms with Gasteiger partial charge in [-0.3, -0.25) is 4.79 Å². The first-order valence-corrected chi connectivity index (χ1v) is 10.3. The topological polar surface area (TPSA) is 58.6 Å². The molecule has 7 atom stereocenters. The predicted molar refractivity (Wildman–Crippen MR) is 105 cm³/mol. The first kappa shape index (κ1) is 18.7. The van der Waals surface area contributed by atoms with E-state index in [4.69, 9.17) is 4.74 Å². The molecule has 3 aliphatic rings. The van der Waals surface area contributed by atoms with Crippen molar-refractivity contribution in [2.75, 3.05) is 6.54 Å². The molecule has 0 unspecified atom stereocenters. The number of hydrogen-bond acceptors (Lipinski definition) is 4. The molecule has 0 radical (unpaired) electrons. The van der Waals surface area contributed by atoms with Crippen LogP contribution in [0.1, 0.15) is 51.6 Å². The Morgan fingerprint density at radius 1 is 1.33 bits per heavy atom. The molecule has 1 saturated heterocycles. The van der Waals surface area contributed by atoms with Gasteiger partial charge in [0.2, 0.25) is 0 Å². The van der Waals surface area contributed by atoms with Crippen molar-refractivity contribution < 1.29 is 14.6 Å².